The average Bonchev–Trinajstić information content (AvgIpc) is 2.36. The molecular formula is C15H16N2OSi. The molecule has 0 spiro atoms. The van der Waals surface area contributed by atoms with Gasteiger partial charge in [-0.15, -0.1) is 0 Å². The van der Waals surface area contributed by atoms with Crippen molar-refractivity contribution in [2.75, 3.05) is 11.5 Å². The van der Waals surface area contributed by atoms with E-state index >= 15 is 0 Å². The first kappa shape index (κ1) is 12.0. The predicted octanol–water partition coefficient (Wildman–Crippen LogP) is 1.22. The number of carbonyl (C=O) groups excluding carboxylic acids is 1. The summed E-state index contributed by atoms with van der Waals surface area (Å²) in [5.41, 5.74) is 14.8. The highest BCUT2D eigenvalue weighted by Crippen LogP contribution is 2.22. The van der Waals surface area contributed by atoms with Gasteiger partial charge in [-0.25, -0.2) is 0 Å². The standard InChI is InChI=1S/C15H16N2OSi/c1-19(2)13-7-9(16)3-5-11(13)15(18)12-6-4-10(17)8-14(12)19/h3-8H,16-17H2,1-2H3. The highest BCUT2D eigenvalue weighted by molar-refractivity contribution is 7.02. The molecule has 2 aromatic rings. The lowest BCUT2D eigenvalue weighted by molar-refractivity contribution is 0.104. The minimum atomic E-state index is -1.92. The van der Waals surface area contributed by atoms with Gasteiger partial charge in [0, 0.05) is 22.5 Å². The summed E-state index contributed by atoms with van der Waals surface area (Å²) in [6, 6.07) is 11.2. The van der Waals surface area contributed by atoms with Gasteiger partial charge in [0.2, 0.25) is 0 Å². The van der Waals surface area contributed by atoms with Crippen LogP contribution in [-0.2, 0) is 0 Å². The normalized spacial score (nSPS) is 15.8. The number of ketones is 1. The number of carbonyl (C=O) groups is 1. The Morgan fingerprint density at radius 3 is 1.68 bits per heavy atom. The first-order valence-corrected chi connectivity index (χ1v) is 9.26. The maximum Gasteiger partial charge on any atom is 0.192 e. The zero-order valence-corrected chi connectivity index (χ0v) is 12.0. The van der Waals surface area contributed by atoms with Crippen LogP contribution < -0.4 is 21.8 Å². The van der Waals surface area contributed by atoms with Crippen LogP contribution in [0.1, 0.15) is 15.9 Å². The van der Waals surface area contributed by atoms with Crippen molar-refractivity contribution < 1.29 is 4.79 Å². The quantitative estimate of drug-likeness (QED) is 0.557. The molecule has 0 saturated heterocycles. The number of hydrogen-bond acceptors (Lipinski definition) is 3. The molecule has 0 aliphatic carbocycles. The topological polar surface area (TPSA) is 69.1 Å². The summed E-state index contributed by atoms with van der Waals surface area (Å²) in [6.07, 6.45) is 0. The van der Waals surface area contributed by atoms with Gasteiger partial charge in [-0.2, -0.15) is 0 Å². The molecule has 4 heteroatoms. The second-order valence-corrected chi connectivity index (χ2v) is 9.89. The molecule has 0 saturated carbocycles. The molecule has 1 aliphatic heterocycles. The lowest BCUT2D eigenvalue weighted by atomic mass is 10.0. The molecule has 2 aromatic carbocycles. The van der Waals surface area contributed by atoms with Crippen LogP contribution in [0.2, 0.25) is 13.1 Å². The van der Waals surface area contributed by atoms with Gasteiger partial charge in [0.25, 0.3) is 0 Å². The molecule has 19 heavy (non-hydrogen) atoms. The van der Waals surface area contributed by atoms with Gasteiger partial charge in [0.15, 0.2) is 5.78 Å². The molecule has 1 aliphatic rings. The van der Waals surface area contributed by atoms with Crippen LogP contribution in [0.5, 0.6) is 0 Å². The van der Waals surface area contributed by atoms with Gasteiger partial charge < -0.3 is 11.5 Å². The number of nitrogen functional groups attached to an aromatic ring is 2. The molecule has 0 fully saturated rings. The maximum atomic E-state index is 12.6. The van der Waals surface area contributed by atoms with E-state index in [-0.39, 0.29) is 5.78 Å². The van der Waals surface area contributed by atoms with Crippen molar-refractivity contribution >= 4 is 35.6 Å². The van der Waals surface area contributed by atoms with Crippen LogP contribution in [0, 0.1) is 0 Å². The van der Waals surface area contributed by atoms with Gasteiger partial charge in [-0.1, -0.05) is 13.1 Å². The molecule has 4 N–H and O–H groups in total. The highest BCUT2D eigenvalue weighted by Gasteiger charge is 2.38. The molecule has 3 rings (SSSR count). The van der Waals surface area contributed by atoms with Crippen LogP contribution in [0.25, 0.3) is 0 Å². The Balaban J connectivity index is 2.36. The van der Waals surface area contributed by atoms with Gasteiger partial charge in [0.1, 0.15) is 8.07 Å². The van der Waals surface area contributed by atoms with Crippen LogP contribution in [-0.4, -0.2) is 13.9 Å². The van der Waals surface area contributed by atoms with Crippen molar-refractivity contribution in [2.24, 2.45) is 0 Å². The molecule has 0 bridgehead atoms. The number of nitrogens with two attached hydrogens (primary N) is 2. The second kappa shape index (κ2) is 3.71. The smallest absolute Gasteiger partial charge is 0.192 e. The number of benzene rings is 2. The van der Waals surface area contributed by atoms with E-state index in [1.807, 2.05) is 24.3 Å². The minimum Gasteiger partial charge on any atom is -0.399 e. The number of fused-ring (bicyclic) bond motifs is 2. The molecule has 3 nitrogen and oxygen atoms in total. The van der Waals surface area contributed by atoms with E-state index in [1.165, 1.54) is 0 Å². The molecule has 0 unspecified atom stereocenters. The van der Waals surface area contributed by atoms with E-state index in [0.29, 0.717) is 11.4 Å². The Morgan fingerprint density at radius 2 is 1.26 bits per heavy atom. The van der Waals surface area contributed by atoms with E-state index < -0.39 is 8.07 Å². The lowest BCUT2D eigenvalue weighted by Crippen LogP contribution is -2.59. The monoisotopic (exact) mass is 268 g/mol. The number of rotatable bonds is 0. The van der Waals surface area contributed by atoms with E-state index in [1.54, 1.807) is 12.1 Å². The van der Waals surface area contributed by atoms with Gasteiger partial charge in [0.05, 0.1) is 0 Å². The Bertz CT molecular complexity index is 650. The maximum absolute atomic E-state index is 12.6. The molecule has 0 amide bonds. The summed E-state index contributed by atoms with van der Waals surface area (Å²) in [5.74, 6) is 0.0804. The van der Waals surface area contributed by atoms with Gasteiger partial charge >= 0.3 is 0 Å². The molecule has 1 heterocycles. The molecule has 0 radical (unpaired) electrons. The van der Waals surface area contributed by atoms with Crippen molar-refractivity contribution in [1.29, 1.82) is 0 Å². The Labute approximate surface area is 113 Å². The fourth-order valence-corrected chi connectivity index (χ4v) is 5.93. The van der Waals surface area contributed by atoms with Crippen LogP contribution >= 0.6 is 0 Å². The summed E-state index contributed by atoms with van der Waals surface area (Å²) in [5, 5.41) is 2.21. The zero-order chi connectivity index (χ0) is 13.8. The summed E-state index contributed by atoms with van der Waals surface area (Å²) < 4.78 is 0. The Kier molecular flexibility index (Phi) is 2.34. The lowest BCUT2D eigenvalue weighted by Gasteiger charge is -2.32. The van der Waals surface area contributed by atoms with Crippen molar-refractivity contribution in [2.45, 2.75) is 13.1 Å². The second-order valence-electron chi connectivity index (χ2n) is 5.56. The number of anilines is 2. The molecular weight excluding hydrogens is 252 g/mol. The molecule has 0 atom stereocenters. The van der Waals surface area contributed by atoms with E-state index in [2.05, 4.69) is 13.1 Å². The van der Waals surface area contributed by atoms with E-state index in [4.69, 9.17) is 11.5 Å². The van der Waals surface area contributed by atoms with E-state index in [9.17, 15) is 4.79 Å². The SMILES string of the molecule is C[Si]1(C)c2cc(N)ccc2C(=O)c2ccc(N)cc21. The minimum absolute atomic E-state index is 0.0804. The fourth-order valence-electron chi connectivity index (χ4n) is 2.84. The first-order valence-electron chi connectivity index (χ1n) is 6.26. The molecule has 0 aromatic heterocycles. The predicted molar refractivity (Wildman–Crippen MR) is 81.9 cm³/mol. The van der Waals surface area contributed by atoms with E-state index in [0.717, 1.165) is 21.5 Å². The summed E-state index contributed by atoms with van der Waals surface area (Å²) in [4.78, 5) is 12.6. The van der Waals surface area contributed by atoms with Gasteiger partial charge in [-0.05, 0) is 46.8 Å². The van der Waals surface area contributed by atoms with Crippen molar-refractivity contribution in [3.63, 3.8) is 0 Å². The third-order valence-electron chi connectivity index (χ3n) is 3.92. The third-order valence-corrected chi connectivity index (χ3v) is 7.44. The zero-order valence-electron chi connectivity index (χ0n) is 11.0. The van der Waals surface area contributed by atoms with Crippen molar-refractivity contribution in [3.05, 3.63) is 47.5 Å². The summed E-state index contributed by atoms with van der Waals surface area (Å²) >= 11 is 0. The Hall–Kier alpha value is -2.07. The third kappa shape index (κ3) is 1.60. The highest BCUT2D eigenvalue weighted by atomic mass is 28.3. The van der Waals surface area contributed by atoms with Crippen LogP contribution in [0.3, 0.4) is 0 Å². The van der Waals surface area contributed by atoms with Crippen molar-refractivity contribution in [1.82, 2.24) is 0 Å². The Morgan fingerprint density at radius 1 is 0.842 bits per heavy atom. The fraction of sp³-hybridized carbons (Fsp3) is 0.133. The largest absolute Gasteiger partial charge is 0.399 e. The molecule has 96 valence electrons. The van der Waals surface area contributed by atoms with Crippen LogP contribution in [0.4, 0.5) is 11.4 Å². The average molecular weight is 268 g/mol. The summed E-state index contributed by atoms with van der Waals surface area (Å²) in [7, 11) is -1.92. The van der Waals surface area contributed by atoms with Gasteiger partial charge in [-0.3, -0.25) is 4.79 Å². The summed E-state index contributed by atoms with van der Waals surface area (Å²) in [6.45, 7) is 4.46. The first-order chi connectivity index (χ1) is 8.91. The van der Waals surface area contributed by atoms with Crippen LogP contribution in [0.15, 0.2) is 36.4 Å². The number of hydrogen-bond donors (Lipinski definition) is 2. The van der Waals surface area contributed by atoms with Crippen molar-refractivity contribution in [3.8, 4) is 0 Å².